The molecule has 0 radical (unpaired) electrons. The minimum atomic E-state index is -0.609. The molecule has 1 aliphatic rings. The Morgan fingerprint density at radius 2 is 2.08 bits per heavy atom. The molecule has 0 aliphatic heterocycles. The summed E-state index contributed by atoms with van der Waals surface area (Å²) in [7, 11) is 1.30. The van der Waals surface area contributed by atoms with Crippen LogP contribution >= 0.6 is 0 Å². The summed E-state index contributed by atoms with van der Waals surface area (Å²) in [5.41, 5.74) is -0.609. The van der Waals surface area contributed by atoms with Crippen molar-refractivity contribution in [3.63, 3.8) is 0 Å². The van der Waals surface area contributed by atoms with Gasteiger partial charge in [-0.1, -0.05) is 6.92 Å². The highest BCUT2D eigenvalue weighted by atomic mass is 16.5. The predicted molar refractivity (Wildman–Crippen MR) is 47.4 cm³/mol. The molecule has 0 heterocycles. The van der Waals surface area contributed by atoms with E-state index < -0.39 is 11.6 Å². The second-order valence-electron chi connectivity index (χ2n) is 3.33. The van der Waals surface area contributed by atoms with Crippen molar-refractivity contribution in [2.45, 2.75) is 38.1 Å². The Labute approximate surface area is 77.6 Å². The van der Waals surface area contributed by atoms with Crippen LogP contribution in [0.1, 0.15) is 32.6 Å². The maximum absolute atomic E-state index is 11.5. The first-order valence-electron chi connectivity index (χ1n) is 4.54. The molecule has 0 aromatic rings. The normalized spacial score (nSPS) is 18.6. The van der Waals surface area contributed by atoms with Crippen molar-refractivity contribution < 1.29 is 14.3 Å². The van der Waals surface area contributed by atoms with Gasteiger partial charge in [0.2, 0.25) is 0 Å². The molecule has 0 aromatic heterocycles. The van der Waals surface area contributed by atoms with E-state index in [9.17, 15) is 9.59 Å². The second-order valence-corrected chi connectivity index (χ2v) is 3.33. The summed E-state index contributed by atoms with van der Waals surface area (Å²) in [4.78, 5) is 22.5. The van der Waals surface area contributed by atoms with Gasteiger partial charge in [0.1, 0.15) is 5.54 Å². The van der Waals surface area contributed by atoms with E-state index in [-0.39, 0.29) is 5.78 Å². The topological polar surface area (TPSA) is 55.4 Å². The zero-order valence-electron chi connectivity index (χ0n) is 8.05. The van der Waals surface area contributed by atoms with Crippen molar-refractivity contribution in [1.82, 2.24) is 5.32 Å². The summed E-state index contributed by atoms with van der Waals surface area (Å²) >= 11 is 0. The quantitative estimate of drug-likeness (QED) is 0.719. The van der Waals surface area contributed by atoms with Gasteiger partial charge in [-0.3, -0.25) is 4.79 Å². The van der Waals surface area contributed by atoms with Crippen LogP contribution in [0.5, 0.6) is 0 Å². The van der Waals surface area contributed by atoms with Crippen molar-refractivity contribution in [2.24, 2.45) is 0 Å². The van der Waals surface area contributed by atoms with Crippen molar-refractivity contribution in [3.05, 3.63) is 0 Å². The number of hydrogen-bond acceptors (Lipinski definition) is 3. The van der Waals surface area contributed by atoms with E-state index in [4.69, 9.17) is 0 Å². The Morgan fingerprint density at radius 3 is 2.38 bits per heavy atom. The largest absolute Gasteiger partial charge is 0.453 e. The highest BCUT2D eigenvalue weighted by Gasteiger charge is 2.44. The first kappa shape index (κ1) is 10.0. The van der Waals surface area contributed by atoms with Crippen molar-refractivity contribution in [3.8, 4) is 0 Å². The number of amides is 1. The molecule has 4 heteroatoms. The molecule has 0 bridgehead atoms. The lowest BCUT2D eigenvalue weighted by Gasteiger charge is -2.40. The molecule has 0 unspecified atom stereocenters. The average Bonchev–Trinajstić information content (AvgIpc) is 2.09. The third-order valence-corrected chi connectivity index (χ3v) is 2.59. The van der Waals surface area contributed by atoms with Crippen LogP contribution in [0.2, 0.25) is 0 Å². The number of Topliss-reactive ketones (excluding diaryl/α,β-unsaturated/α-hetero) is 1. The van der Waals surface area contributed by atoms with E-state index in [1.54, 1.807) is 6.92 Å². The molecule has 4 nitrogen and oxygen atoms in total. The molecule has 74 valence electrons. The van der Waals surface area contributed by atoms with Crippen LogP contribution in [0.15, 0.2) is 0 Å². The third-order valence-electron chi connectivity index (χ3n) is 2.59. The highest BCUT2D eigenvalue weighted by Crippen LogP contribution is 2.33. The zero-order chi connectivity index (χ0) is 9.90. The fourth-order valence-electron chi connectivity index (χ4n) is 1.59. The van der Waals surface area contributed by atoms with Crippen LogP contribution in [0.4, 0.5) is 4.79 Å². The Morgan fingerprint density at radius 1 is 1.46 bits per heavy atom. The Balaban J connectivity index is 2.59. The van der Waals surface area contributed by atoms with Crippen LogP contribution in [0.25, 0.3) is 0 Å². The third kappa shape index (κ3) is 1.82. The fourth-order valence-corrected chi connectivity index (χ4v) is 1.59. The second kappa shape index (κ2) is 3.77. The number of ether oxygens (including phenoxy) is 1. The maximum Gasteiger partial charge on any atom is 0.407 e. The van der Waals surface area contributed by atoms with Crippen molar-refractivity contribution in [1.29, 1.82) is 0 Å². The van der Waals surface area contributed by atoms with Gasteiger partial charge in [0.05, 0.1) is 7.11 Å². The van der Waals surface area contributed by atoms with Gasteiger partial charge >= 0.3 is 6.09 Å². The molecule has 0 spiro atoms. The summed E-state index contributed by atoms with van der Waals surface area (Å²) in [6.07, 6.45) is 2.44. The zero-order valence-corrected chi connectivity index (χ0v) is 8.05. The minimum Gasteiger partial charge on any atom is -0.453 e. The van der Waals surface area contributed by atoms with E-state index >= 15 is 0 Å². The Hall–Kier alpha value is -1.06. The lowest BCUT2D eigenvalue weighted by Crippen LogP contribution is -2.58. The number of methoxy groups -OCH3 is 1. The Bertz CT molecular complexity index is 221. The molecule has 1 fully saturated rings. The molecule has 0 atom stereocenters. The maximum atomic E-state index is 11.5. The monoisotopic (exact) mass is 185 g/mol. The van der Waals surface area contributed by atoms with Crippen LogP contribution in [0.3, 0.4) is 0 Å². The number of alkyl carbamates (subject to hydrolysis) is 1. The van der Waals surface area contributed by atoms with E-state index in [1.807, 2.05) is 0 Å². The van der Waals surface area contributed by atoms with Gasteiger partial charge in [0, 0.05) is 6.42 Å². The summed E-state index contributed by atoms with van der Waals surface area (Å²) < 4.78 is 4.47. The number of carbonyl (C=O) groups excluding carboxylic acids is 2. The van der Waals surface area contributed by atoms with Crippen LogP contribution < -0.4 is 5.32 Å². The van der Waals surface area contributed by atoms with Gasteiger partial charge in [-0.25, -0.2) is 4.79 Å². The fraction of sp³-hybridized carbons (Fsp3) is 0.778. The van der Waals surface area contributed by atoms with E-state index in [2.05, 4.69) is 10.1 Å². The molecule has 1 saturated carbocycles. The number of hydrogen-bond donors (Lipinski definition) is 1. The SMILES string of the molecule is CCC(=O)C1(NC(=O)OC)CCC1. The molecule has 0 saturated heterocycles. The molecular weight excluding hydrogens is 170 g/mol. The first-order chi connectivity index (χ1) is 6.14. The first-order valence-corrected chi connectivity index (χ1v) is 4.54. The van der Waals surface area contributed by atoms with E-state index in [0.717, 1.165) is 19.3 Å². The van der Waals surface area contributed by atoms with Gasteiger partial charge in [-0.2, -0.15) is 0 Å². The van der Waals surface area contributed by atoms with Gasteiger partial charge < -0.3 is 10.1 Å². The van der Waals surface area contributed by atoms with Gasteiger partial charge in [0.25, 0.3) is 0 Å². The number of carbonyl (C=O) groups is 2. The predicted octanol–water partition coefficient (Wildman–Crippen LogP) is 1.24. The Kier molecular flexibility index (Phi) is 2.90. The van der Waals surface area contributed by atoms with Gasteiger partial charge in [-0.05, 0) is 19.3 Å². The summed E-state index contributed by atoms with van der Waals surface area (Å²) in [6, 6.07) is 0. The summed E-state index contributed by atoms with van der Waals surface area (Å²) in [6.45, 7) is 1.81. The van der Waals surface area contributed by atoms with Crippen LogP contribution in [0, 0.1) is 0 Å². The molecule has 1 amide bonds. The number of nitrogens with one attached hydrogen (secondary N) is 1. The molecule has 1 N–H and O–H groups in total. The summed E-state index contributed by atoms with van der Waals surface area (Å²) in [5, 5.41) is 2.62. The number of rotatable bonds is 3. The molecule has 0 aromatic carbocycles. The van der Waals surface area contributed by atoms with Crippen LogP contribution in [-0.4, -0.2) is 24.5 Å². The van der Waals surface area contributed by atoms with Gasteiger partial charge in [0.15, 0.2) is 5.78 Å². The van der Waals surface area contributed by atoms with Crippen LogP contribution in [-0.2, 0) is 9.53 Å². The van der Waals surface area contributed by atoms with E-state index in [1.165, 1.54) is 7.11 Å². The smallest absolute Gasteiger partial charge is 0.407 e. The van der Waals surface area contributed by atoms with Crippen molar-refractivity contribution >= 4 is 11.9 Å². The lowest BCUT2D eigenvalue weighted by molar-refractivity contribution is -0.128. The summed E-state index contributed by atoms with van der Waals surface area (Å²) in [5.74, 6) is 0.101. The van der Waals surface area contributed by atoms with Crippen molar-refractivity contribution in [2.75, 3.05) is 7.11 Å². The molecular formula is C9H15NO3. The van der Waals surface area contributed by atoms with E-state index in [0.29, 0.717) is 6.42 Å². The van der Waals surface area contributed by atoms with Gasteiger partial charge in [-0.15, -0.1) is 0 Å². The molecule has 1 aliphatic carbocycles. The molecule has 13 heavy (non-hydrogen) atoms. The average molecular weight is 185 g/mol. The number of ketones is 1. The lowest BCUT2D eigenvalue weighted by atomic mass is 9.73. The highest BCUT2D eigenvalue weighted by molar-refractivity contribution is 5.92. The molecule has 1 rings (SSSR count). The standard InChI is InChI=1S/C9H15NO3/c1-3-7(11)9(5-4-6-9)10-8(12)13-2/h3-6H2,1-2H3,(H,10,12). The minimum absolute atomic E-state index is 0.101.